The number of benzene rings is 1. The Bertz CT molecular complexity index is 842. The number of aromatic hydroxyl groups is 1. The minimum atomic E-state index is -0.488. The van der Waals surface area contributed by atoms with E-state index >= 15 is 0 Å². The van der Waals surface area contributed by atoms with Gasteiger partial charge in [-0.2, -0.15) is 0 Å². The topological polar surface area (TPSA) is 76.3 Å². The van der Waals surface area contributed by atoms with E-state index in [4.69, 9.17) is 4.84 Å². The van der Waals surface area contributed by atoms with Crippen LogP contribution in [-0.4, -0.2) is 34.7 Å². The fourth-order valence-corrected chi connectivity index (χ4v) is 2.35. The minimum Gasteiger partial charge on any atom is -0.506 e. The summed E-state index contributed by atoms with van der Waals surface area (Å²) in [6.07, 6.45) is 1.45. The van der Waals surface area contributed by atoms with Crippen molar-refractivity contribution in [2.24, 2.45) is 10.3 Å². The maximum absolute atomic E-state index is 10.4. The van der Waals surface area contributed by atoms with Crippen LogP contribution in [0.1, 0.15) is 43.3 Å². The molecule has 0 saturated carbocycles. The van der Waals surface area contributed by atoms with Gasteiger partial charge in [-0.05, 0) is 51.5 Å². The van der Waals surface area contributed by atoms with Gasteiger partial charge >= 0.3 is 0 Å². The van der Waals surface area contributed by atoms with Gasteiger partial charge in [-0.25, -0.2) is 4.98 Å². The van der Waals surface area contributed by atoms with Crippen LogP contribution in [0.15, 0.2) is 45.1 Å². The SMILES string of the molecule is CO/N=C\c1ccc(O)c(C(=NOC(C)(C)C)c2ccc(C)c(Br)c2)n1. The average Bonchev–Trinajstić information content (AvgIpc) is 2.57. The molecular weight excluding hydrogens is 398 g/mol. The third-order valence-electron chi connectivity index (χ3n) is 3.27. The Morgan fingerprint density at radius 1 is 1.23 bits per heavy atom. The molecule has 1 aromatic carbocycles. The van der Waals surface area contributed by atoms with Gasteiger partial charge < -0.3 is 14.8 Å². The highest BCUT2D eigenvalue weighted by Crippen LogP contribution is 2.24. The zero-order valence-corrected chi connectivity index (χ0v) is 17.0. The maximum atomic E-state index is 10.4. The lowest BCUT2D eigenvalue weighted by atomic mass is 10.0. The molecule has 2 aromatic rings. The predicted octanol–water partition coefficient (Wildman–Crippen LogP) is 4.41. The largest absolute Gasteiger partial charge is 0.506 e. The lowest BCUT2D eigenvalue weighted by Crippen LogP contribution is -2.18. The Morgan fingerprint density at radius 3 is 2.58 bits per heavy atom. The van der Waals surface area contributed by atoms with Gasteiger partial charge in [0.05, 0.1) is 11.9 Å². The number of oxime groups is 2. The van der Waals surface area contributed by atoms with Gasteiger partial charge in [0.1, 0.15) is 29.9 Å². The second kappa shape index (κ2) is 8.31. The summed E-state index contributed by atoms with van der Waals surface area (Å²) in [6, 6.07) is 8.95. The fourth-order valence-electron chi connectivity index (χ4n) is 1.98. The number of nitrogens with zero attached hydrogens (tertiary/aromatic N) is 3. The Kier molecular flexibility index (Phi) is 6.37. The van der Waals surface area contributed by atoms with Gasteiger partial charge in [0.2, 0.25) is 0 Å². The summed E-state index contributed by atoms with van der Waals surface area (Å²) in [5.74, 6) is -0.00692. The van der Waals surface area contributed by atoms with Crippen molar-refractivity contribution in [1.29, 1.82) is 0 Å². The third-order valence-corrected chi connectivity index (χ3v) is 4.12. The van der Waals surface area contributed by atoms with Crippen LogP contribution in [0.2, 0.25) is 0 Å². The first-order valence-corrected chi connectivity index (χ1v) is 8.80. The molecule has 138 valence electrons. The molecule has 0 aliphatic carbocycles. The first-order chi connectivity index (χ1) is 12.2. The highest BCUT2D eigenvalue weighted by atomic mass is 79.9. The van der Waals surface area contributed by atoms with E-state index in [0.29, 0.717) is 17.1 Å². The lowest BCUT2D eigenvalue weighted by Gasteiger charge is -2.17. The van der Waals surface area contributed by atoms with Crippen LogP contribution in [0, 0.1) is 6.92 Å². The van der Waals surface area contributed by atoms with Crippen molar-refractivity contribution >= 4 is 27.9 Å². The minimum absolute atomic E-state index is 0.00692. The molecule has 0 spiro atoms. The van der Waals surface area contributed by atoms with Crippen molar-refractivity contribution < 1.29 is 14.8 Å². The van der Waals surface area contributed by atoms with E-state index in [1.807, 2.05) is 45.9 Å². The van der Waals surface area contributed by atoms with Crippen molar-refractivity contribution in [3.63, 3.8) is 0 Å². The van der Waals surface area contributed by atoms with Crippen LogP contribution < -0.4 is 0 Å². The second-order valence-corrected chi connectivity index (χ2v) is 7.48. The third kappa shape index (κ3) is 5.29. The Labute approximate surface area is 161 Å². The number of halogens is 1. The summed E-state index contributed by atoms with van der Waals surface area (Å²) in [6.45, 7) is 7.68. The van der Waals surface area contributed by atoms with E-state index in [9.17, 15) is 5.11 Å². The van der Waals surface area contributed by atoms with Crippen molar-refractivity contribution in [1.82, 2.24) is 4.98 Å². The molecule has 0 radical (unpaired) electrons. The molecule has 1 heterocycles. The van der Waals surface area contributed by atoms with Gasteiger partial charge in [-0.3, -0.25) is 0 Å². The van der Waals surface area contributed by atoms with Crippen LogP contribution in [0.3, 0.4) is 0 Å². The summed E-state index contributed by atoms with van der Waals surface area (Å²) in [5.41, 5.74) is 2.60. The molecule has 0 atom stereocenters. The van der Waals surface area contributed by atoms with E-state index < -0.39 is 5.60 Å². The maximum Gasteiger partial charge on any atom is 0.143 e. The van der Waals surface area contributed by atoms with Crippen molar-refractivity contribution in [3.05, 3.63) is 57.3 Å². The number of aromatic nitrogens is 1. The summed E-state index contributed by atoms with van der Waals surface area (Å²) in [5, 5.41) is 18.4. The van der Waals surface area contributed by atoms with E-state index in [1.54, 1.807) is 6.07 Å². The molecule has 6 nitrogen and oxygen atoms in total. The molecule has 7 heteroatoms. The van der Waals surface area contributed by atoms with Crippen LogP contribution in [-0.2, 0) is 9.68 Å². The van der Waals surface area contributed by atoms with Gasteiger partial charge in [0.25, 0.3) is 0 Å². The predicted molar refractivity (Wildman–Crippen MR) is 106 cm³/mol. The molecule has 1 N–H and O–H groups in total. The first-order valence-electron chi connectivity index (χ1n) is 8.01. The molecular formula is C19H22BrN3O3. The number of rotatable bonds is 5. The van der Waals surface area contributed by atoms with Gasteiger partial charge in [0.15, 0.2) is 0 Å². The summed E-state index contributed by atoms with van der Waals surface area (Å²) in [7, 11) is 1.45. The summed E-state index contributed by atoms with van der Waals surface area (Å²) < 4.78 is 0.926. The molecule has 0 amide bonds. The second-order valence-electron chi connectivity index (χ2n) is 6.63. The first kappa shape index (κ1) is 19.9. The summed E-state index contributed by atoms with van der Waals surface area (Å²) >= 11 is 3.53. The van der Waals surface area contributed by atoms with E-state index in [-0.39, 0.29) is 5.75 Å². The molecule has 26 heavy (non-hydrogen) atoms. The van der Waals surface area contributed by atoms with Crippen LogP contribution >= 0.6 is 15.9 Å². The molecule has 0 aliphatic rings. The van der Waals surface area contributed by atoms with Crippen molar-refractivity contribution in [2.75, 3.05) is 7.11 Å². The van der Waals surface area contributed by atoms with E-state index in [0.717, 1.165) is 15.6 Å². The van der Waals surface area contributed by atoms with Gasteiger partial charge in [-0.1, -0.05) is 38.4 Å². The molecule has 0 fully saturated rings. The number of pyridine rings is 1. The average molecular weight is 420 g/mol. The molecule has 0 aliphatic heterocycles. The zero-order valence-electron chi connectivity index (χ0n) is 15.4. The monoisotopic (exact) mass is 419 g/mol. The van der Waals surface area contributed by atoms with Crippen LogP contribution in [0.25, 0.3) is 0 Å². The molecule has 0 bridgehead atoms. The van der Waals surface area contributed by atoms with Crippen molar-refractivity contribution in [2.45, 2.75) is 33.3 Å². The van der Waals surface area contributed by atoms with Gasteiger partial charge in [0, 0.05) is 10.0 Å². The van der Waals surface area contributed by atoms with E-state index in [2.05, 4.69) is 36.1 Å². The van der Waals surface area contributed by atoms with Crippen LogP contribution in [0.5, 0.6) is 5.75 Å². The fraction of sp³-hybridized carbons (Fsp3) is 0.316. The lowest BCUT2D eigenvalue weighted by molar-refractivity contribution is 0.00111. The quantitative estimate of drug-likeness (QED) is 0.575. The number of hydrogen-bond donors (Lipinski definition) is 1. The molecule has 1 aromatic heterocycles. The van der Waals surface area contributed by atoms with Gasteiger partial charge in [-0.15, -0.1) is 0 Å². The smallest absolute Gasteiger partial charge is 0.143 e. The number of aryl methyl sites for hydroxylation is 1. The number of hydrogen-bond acceptors (Lipinski definition) is 6. The Morgan fingerprint density at radius 2 is 1.96 bits per heavy atom. The Hall–Kier alpha value is -2.41. The van der Waals surface area contributed by atoms with Crippen LogP contribution in [0.4, 0.5) is 0 Å². The molecule has 0 unspecified atom stereocenters. The Balaban J connectivity index is 2.60. The molecule has 0 saturated heterocycles. The highest BCUT2D eigenvalue weighted by molar-refractivity contribution is 9.10. The molecule has 2 rings (SSSR count). The standard InChI is InChI=1S/C19H22BrN3O3/c1-12-6-7-13(10-15(12)20)17(23-26-19(2,3)4)18-16(24)9-8-14(22-18)11-21-25-5/h6-11,24H,1-5H3/b21-11-,23-17?. The normalized spacial score (nSPS) is 12.5. The summed E-state index contributed by atoms with van der Waals surface area (Å²) in [4.78, 5) is 14.7. The zero-order chi connectivity index (χ0) is 19.3. The van der Waals surface area contributed by atoms with E-state index in [1.165, 1.54) is 19.4 Å². The highest BCUT2D eigenvalue weighted by Gasteiger charge is 2.18. The van der Waals surface area contributed by atoms with Crippen molar-refractivity contribution in [3.8, 4) is 5.75 Å².